The molecule has 1 amide bonds. The van der Waals surface area contributed by atoms with Crippen LogP contribution in [0.2, 0.25) is 5.15 Å². The molecule has 1 saturated carbocycles. The van der Waals surface area contributed by atoms with E-state index in [-0.39, 0.29) is 17.1 Å². The lowest BCUT2D eigenvalue weighted by atomic mass is 10.1. The molecule has 86 valence electrons. The third-order valence-corrected chi connectivity index (χ3v) is 3.53. The van der Waals surface area contributed by atoms with E-state index in [1.165, 1.54) is 12.8 Å². The minimum Gasteiger partial charge on any atom is -0.339 e. The van der Waals surface area contributed by atoms with Gasteiger partial charge < -0.3 is 4.90 Å². The normalized spacial score (nSPS) is 16.9. The summed E-state index contributed by atoms with van der Waals surface area (Å²) in [5, 5.41) is 0.280. The molecule has 4 heteroatoms. The average Bonchev–Trinajstić information content (AvgIpc) is 3.11. The summed E-state index contributed by atoms with van der Waals surface area (Å²) in [5.41, 5.74) is 0.485. The van der Waals surface area contributed by atoms with Crippen LogP contribution in [0.3, 0.4) is 0 Å². The molecule has 0 bridgehead atoms. The van der Waals surface area contributed by atoms with Gasteiger partial charge in [0.25, 0.3) is 5.91 Å². The number of pyridine rings is 1. The standard InChI is InChI=1S/C12H15ClN2O/c1-8(9-5-6-9)15(2)12(16)10-4-3-7-14-11(10)13/h3-4,7-9H,5-6H2,1-2H3. The van der Waals surface area contributed by atoms with E-state index in [0.29, 0.717) is 11.5 Å². The minimum atomic E-state index is -0.0440. The maximum atomic E-state index is 12.1. The van der Waals surface area contributed by atoms with Crippen LogP contribution in [0.15, 0.2) is 18.3 Å². The van der Waals surface area contributed by atoms with Crippen LogP contribution >= 0.6 is 11.6 Å². The van der Waals surface area contributed by atoms with Crippen LogP contribution in [-0.2, 0) is 0 Å². The summed E-state index contributed by atoms with van der Waals surface area (Å²) in [7, 11) is 1.83. The van der Waals surface area contributed by atoms with Gasteiger partial charge in [0.1, 0.15) is 5.15 Å². The molecule has 0 saturated heterocycles. The van der Waals surface area contributed by atoms with Crippen molar-refractivity contribution < 1.29 is 4.79 Å². The molecule has 0 N–H and O–H groups in total. The van der Waals surface area contributed by atoms with E-state index >= 15 is 0 Å². The number of aromatic nitrogens is 1. The van der Waals surface area contributed by atoms with Gasteiger partial charge in [-0.15, -0.1) is 0 Å². The summed E-state index contributed by atoms with van der Waals surface area (Å²) < 4.78 is 0. The van der Waals surface area contributed by atoms with Crippen LogP contribution in [0.25, 0.3) is 0 Å². The van der Waals surface area contributed by atoms with Gasteiger partial charge in [-0.1, -0.05) is 11.6 Å². The number of nitrogens with zero attached hydrogens (tertiary/aromatic N) is 2. The Kier molecular flexibility index (Phi) is 3.15. The van der Waals surface area contributed by atoms with Gasteiger partial charge in [-0.05, 0) is 37.8 Å². The first-order valence-corrected chi connectivity index (χ1v) is 5.86. The Hall–Kier alpha value is -1.09. The molecule has 1 atom stereocenters. The maximum Gasteiger partial charge on any atom is 0.256 e. The first-order valence-electron chi connectivity index (χ1n) is 5.49. The second-order valence-corrected chi connectivity index (χ2v) is 4.69. The van der Waals surface area contributed by atoms with Crippen LogP contribution < -0.4 is 0 Å². The van der Waals surface area contributed by atoms with Crippen molar-refractivity contribution in [3.8, 4) is 0 Å². The topological polar surface area (TPSA) is 33.2 Å². The molecule has 1 aromatic rings. The number of carbonyl (C=O) groups is 1. The number of amides is 1. The SMILES string of the molecule is CC(C1CC1)N(C)C(=O)c1cccnc1Cl. The van der Waals surface area contributed by atoms with Crippen molar-refractivity contribution in [2.45, 2.75) is 25.8 Å². The summed E-state index contributed by atoms with van der Waals surface area (Å²) in [6.45, 7) is 2.08. The van der Waals surface area contributed by atoms with E-state index in [2.05, 4.69) is 11.9 Å². The monoisotopic (exact) mass is 238 g/mol. The van der Waals surface area contributed by atoms with E-state index in [1.807, 2.05) is 7.05 Å². The molecule has 0 aromatic carbocycles. The van der Waals surface area contributed by atoms with Gasteiger partial charge in [0.2, 0.25) is 0 Å². The van der Waals surface area contributed by atoms with Crippen molar-refractivity contribution in [1.29, 1.82) is 0 Å². The Labute approximate surface area is 100 Å². The predicted octanol–water partition coefficient (Wildman–Crippen LogP) is 2.61. The Morgan fingerprint density at radius 3 is 2.88 bits per heavy atom. The first kappa shape index (κ1) is 11.4. The Morgan fingerprint density at radius 1 is 1.62 bits per heavy atom. The molecule has 1 aliphatic carbocycles. The molecule has 16 heavy (non-hydrogen) atoms. The highest BCUT2D eigenvalue weighted by Gasteiger charge is 2.33. The van der Waals surface area contributed by atoms with Crippen molar-refractivity contribution in [2.24, 2.45) is 5.92 Å². The fourth-order valence-electron chi connectivity index (χ4n) is 1.82. The van der Waals surface area contributed by atoms with Gasteiger partial charge in [-0.3, -0.25) is 4.79 Å². The van der Waals surface area contributed by atoms with Crippen molar-refractivity contribution >= 4 is 17.5 Å². The highest BCUT2D eigenvalue weighted by atomic mass is 35.5. The fourth-order valence-corrected chi connectivity index (χ4v) is 2.02. The quantitative estimate of drug-likeness (QED) is 0.759. The summed E-state index contributed by atoms with van der Waals surface area (Å²) in [6, 6.07) is 3.73. The van der Waals surface area contributed by atoms with Gasteiger partial charge in [0.15, 0.2) is 0 Å². The zero-order chi connectivity index (χ0) is 11.7. The number of hydrogen-bond acceptors (Lipinski definition) is 2. The lowest BCUT2D eigenvalue weighted by molar-refractivity contribution is 0.0727. The molecule has 3 nitrogen and oxygen atoms in total. The Morgan fingerprint density at radius 2 is 2.31 bits per heavy atom. The fraction of sp³-hybridized carbons (Fsp3) is 0.500. The highest BCUT2D eigenvalue weighted by molar-refractivity contribution is 6.32. The second-order valence-electron chi connectivity index (χ2n) is 4.34. The van der Waals surface area contributed by atoms with Gasteiger partial charge in [0.05, 0.1) is 5.56 Å². The zero-order valence-electron chi connectivity index (χ0n) is 9.48. The zero-order valence-corrected chi connectivity index (χ0v) is 10.2. The van der Waals surface area contributed by atoms with Crippen LogP contribution in [0, 0.1) is 5.92 Å². The largest absolute Gasteiger partial charge is 0.339 e. The van der Waals surface area contributed by atoms with Gasteiger partial charge in [-0.2, -0.15) is 0 Å². The molecule has 1 fully saturated rings. The van der Waals surface area contributed by atoms with Crippen LogP contribution in [-0.4, -0.2) is 28.9 Å². The lowest BCUT2D eigenvalue weighted by Crippen LogP contribution is -2.36. The molecule has 1 unspecified atom stereocenters. The summed E-state index contributed by atoms with van der Waals surface area (Å²) in [6.07, 6.45) is 4.03. The van der Waals surface area contributed by atoms with E-state index in [0.717, 1.165) is 0 Å². The molecule has 0 spiro atoms. The summed E-state index contributed by atoms with van der Waals surface area (Å²) in [4.78, 5) is 17.8. The molecule has 0 radical (unpaired) electrons. The van der Waals surface area contributed by atoms with E-state index in [9.17, 15) is 4.79 Å². The Balaban J connectivity index is 2.15. The maximum absolute atomic E-state index is 12.1. The van der Waals surface area contributed by atoms with Crippen molar-refractivity contribution in [3.05, 3.63) is 29.0 Å². The van der Waals surface area contributed by atoms with Gasteiger partial charge in [-0.25, -0.2) is 4.98 Å². The molecule has 1 heterocycles. The molecular formula is C12H15ClN2O. The van der Waals surface area contributed by atoms with E-state index in [1.54, 1.807) is 23.2 Å². The van der Waals surface area contributed by atoms with E-state index in [4.69, 9.17) is 11.6 Å². The first-order chi connectivity index (χ1) is 7.61. The predicted molar refractivity (Wildman–Crippen MR) is 63.5 cm³/mol. The van der Waals surface area contributed by atoms with Crippen LogP contribution in [0.4, 0.5) is 0 Å². The summed E-state index contributed by atoms with van der Waals surface area (Å²) in [5.74, 6) is 0.613. The van der Waals surface area contributed by atoms with Gasteiger partial charge >= 0.3 is 0 Å². The van der Waals surface area contributed by atoms with Crippen molar-refractivity contribution in [1.82, 2.24) is 9.88 Å². The van der Waals surface area contributed by atoms with Crippen molar-refractivity contribution in [3.63, 3.8) is 0 Å². The van der Waals surface area contributed by atoms with Gasteiger partial charge in [0, 0.05) is 19.3 Å². The third kappa shape index (κ3) is 2.19. The smallest absolute Gasteiger partial charge is 0.256 e. The molecule has 2 rings (SSSR count). The number of halogens is 1. The van der Waals surface area contributed by atoms with Crippen LogP contribution in [0.1, 0.15) is 30.1 Å². The second kappa shape index (κ2) is 4.42. The number of rotatable bonds is 3. The van der Waals surface area contributed by atoms with Crippen LogP contribution in [0.5, 0.6) is 0 Å². The third-order valence-electron chi connectivity index (χ3n) is 3.22. The molecule has 1 aromatic heterocycles. The average molecular weight is 239 g/mol. The number of carbonyl (C=O) groups excluding carboxylic acids is 1. The summed E-state index contributed by atoms with van der Waals surface area (Å²) >= 11 is 5.90. The lowest BCUT2D eigenvalue weighted by Gasteiger charge is -2.25. The molecule has 0 aliphatic heterocycles. The Bertz CT molecular complexity index is 404. The molecule has 1 aliphatic rings. The minimum absolute atomic E-state index is 0.0440. The highest BCUT2D eigenvalue weighted by Crippen LogP contribution is 2.35. The number of hydrogen-bond donors (Lipinski definition) is 0. The molecular weight excluding hydrogens is 224 g/mol. The van der Waals surface area contributed by atoms with E-state index < -0.39 is 0 Å². The van der Waals surface area contributed by atoms with Crippen molar-refractivity contribution in [2.75, 3.05) is 7.05 Å².